The van der Waals surface area contributed by atoms with Crippen LogP contribution in [-0.2, 0) is 6.18 Å². The first kappa shape index (κ1) is 14.5. The number of hydrogen-bond donors (Lipinski definition) is 1. The third-order valence-electron chi connectivity index (χ3n) is 2.36. The van der Waals surface area contributed by atoms with Crippen LogP contribution < -0.4 is 0 Å². The number of hydrogen-bond acceptors (Lipinski definition) is 2. The third-order valence-corrected chi connectivity index (χ3v) is 2.55. The molecule has 1 N–H and O–H groups in total. The molecule has 0 spiro atoms. The van der Waals surface area contributed by atoms with Crippen LogP contribution in [0.4, 0.5) is 26.3 Å². The van der Waals surface area contributed by atoms with Crippen molar-refractivity contribution in [1.82, 2.24) is 9.97 Å². The van der Waals surface area contributed by atoms with Crippen molar-refractivity contribution in [1.29, 1.82) is 0 Å². The van der Waals surface area contributed by atoms with Crippen LogP contribution in [-0.4, -0.2) is 9.97 Å². The molecule has 106 valence electrons. The van der Waals surface area contributed by atoms with Gasteiger partial charge in [-0.2, -0.15) is 13.2 Å². The second-order valence-electron chi connectivity index (χ2n) is 3.71. The number of aromatic nitrogens is 2. The van der Waals surface area contributed by atoms with Crippen LogP contribution >= 0.6 is 12.2 Å². The van der Waals surface area contributed by atoms with E-state index in [2.05, 4.69) is 17.2 Å². The maximum Gasteiger partial charge on any atom is 0.431 e. The summed E-state index contributed by atoms with van der Waals surface area (Å²) >= 11 is 4.50. The average molecular weight is 310 g/mol. The van der Waals surface area contributed by atoms with Gasteiger partial charge in [0.1, 0.15) is 5.69 Å². The van der Waals surface area contributed by atoms with E-state index in [-0.39, 0.29) is 0 Å². The molecule has 0 aliphatic heterocycles. The van der Waals surface area contributed by atoms with E-state index >= 15 is 0 Å². The van der Waals surface area contributed by atoms with Gasteiger partial charge in [0.05, 0.1) is 5.69 Å². The molecule has 1 aromatic heterocycles. The molecule has 20 heavy (non-hydrogen) atoms. The fraction of sp³-hybridized carbons (Fsp3) is 0.0909. The van der Waals surface area contributed by atoms with Gasteiger partial charge in [0.25, 0.3) is 0 Å². The Labute approximate surface area is 113 Å². The summed E-state index contributed by atoms with van der Waals surface area (Å²) < 4.78 is 76.6. The lowest BCUT2D eigenvalue weighted by atomic mass is 10.1. The van der Waals surface area contributed by atoms with E-state index in [0.717, 1.165) is 6.07 Å². The Hall–Kier alpha value is -1.90. The van der Waals surface area contributed by atoms with Gasteiger partial charge in [-0.1, -0.05) is 0 Å². The zero-order valence-corrected chi connectivity index (χ0v) is 10.2. The topological polar surface area (TPSA) is 28.7 Å². The van der Waals surface area contributed by atoms with Crippen molar-refractivity contribution in [3.05, 3.63) is 46.1 Å². The second kappa shape index (κ2) is 4.89. The maximum absolute atomic E-state index is 13.5. The smallest absolute Gasteiger partial charge is 0.327 e. The minimum absolute atomic E-state index is 0.464. The van der Waals surface area contributed by atoms with Gasteiger partial charge in [-0.05, 0) is 30.4 Å². The molecule has 0 amide bonds. The highest BCUT2D eigenvalue weighted by molar-refractivity contribution is 7.71. The van der Waals surface area contributed by atoms with Crippen molar-refractivity contribution in [2.24, 2.45) is 0 Å². The van der Waals surface area contributed by atoms with Gasteiger partial charge in [-0.25, -0.2) is 18.2 Å². The van der Waals surface area contributed by atoms with Crippen LogP contribution in [0.15, 0.2) is 18.2 Å². The first-order valence-corrected chi connectivity index (χ1v) is 5.43. The quantitative estimate of drug-likeness (QED) is 0.485. The molecule has 0 aliphatic rings. The van der Waals surface area contributed by atoms with Gasteiger partial charge >= 0.3 is 6.18 Å². The normalized spacial score (nSPS) is 11.7. The van der Waals surface area contributed by atoms with Crippen LogP contribution in [0.1, 0.15) is 5.69 Å². The van der Waals surface area contributed by atoms with Gasteiger partial charge in [0, 0.05) is 5.56 Å². The Morgan fingerprint density at radius 3 is 2.30 bits per heavy atom. The molecule has 1 heterocycles. The molecule has 0 aliphatic carbocycles. The first-order chi connectivity index (χ1) is 9.20. The van der Waals surface area contributed by atoms with Gasteiger partial charge < -0.3 is 4.98 Å². The number of benzene rings is 1. The summed E-state index contributed by atoms with van der Waals surface area (Å²) in [5.74, 6) is -4.88. The molecule has 0 radical (unpaired) electrons. The highest BCUT2D eigenvalue weighted by Crippen LogP contribution is 2.31. The number of nitrogens with zero attached hydrogens (tertiary/aromatic N) is 1. The number of halogens is 6. The molecular weight excluding hydrogens is 306 g/mol. The average Bonchev–Trinajstić information content (AvgIpc) is 2.34. The maximum atomic E-state index is 13.5. The molecule has 2 nitrogen and oxygen atoms in total. The van der Waals surface area contributed by atoms with Gasteiger partial charge in [0.2, 0.25) is 0 Å². The zero-order valence-electron chi connectivity index (χ0n) is 9.36. The summed E-state index contributed by atoms with van der Waals surface area (Å²) in [5, 5.41) is 0. The molecule has 0 fully saturated rings. The van der Waals surface area contributed by atoms with Crippen molar-refractivity contribution < 1.29 is 26.3 Å². The second-order valence-corrected chi connectivity index (χ2v) is 4.09. The minimum Gasteiger partial charge on any atom is -0.327 e. The largest absolute Gasteiger partial charge is 0.431 e. The van der Waals surface area contributed by atoms with Crippen LogP contribution in [0.5, 0.6) is 0 Å². The van der Waals surface area contributed by atoms with E-state index in [1.807, 2.05) is 0 Å². The van der Waals surface area contributed by atoms with E-state index in [1.54, 1.807) is 4.98 Å². The van der Waals surface area contributed by atoms with Crippen molar-refractivity contribution in [2.45, 2.75) is 6.18 Å². The summed E-state index contributed by atoms with van der Waals surface area (Å²) in [6.07, 6.45) is -4.76. The van der Waals surface area contributed by atoms with Crippen LogP contribution in [0.25, 0.3) is 11.3 Å². The predicted octanol–water partition coefficient (Wildman–Crippen LogP) is 4.24. The van der Waals surface area contributed by atoms with Crippen molar-refractivity contribution in [3.8, 4) is 11.3 Å². The zero-order chi connectivity index (χ0) is 15.1. The summed E-state index contributed by atoms with van der Waals surface area (Å²) in [6, 6.07) is 1.83. The van der Waals surface area contributed by atoms with Crippen LogP contribution in [0.2, 0.25) is 0 Å². The SMILES string of the molecule is Fc1ccc(-c2cc(C(F)(F)F)[nH]c(=S)n2)c(F)c1F. The monoisotopic (exact) mass is 310 g/mol. The van der Waals surface area contributed by atoms with Crippen molar-refractivity contribution in [3.63, 3.8) is 0 Å². The molecule has 2 aromatic rings. The number of rotatable bonds is 1. The third kappa shape index (κ3) is 2.67. The van der Waals surface area contributed by atoms with Crippen LogP contribution in [0, 0.1) is 22.2 Å². The van der Waals surface area contributed by atoms with E-state index in [4.69, 9.17) is 0 Å². The van der Waals surface area contributed by atoms with Gasteiger partial charge in [-0.15, -0.1) is 0 Å². The summed E-state index contributed by atoms with van der Waals surface area (Å²) in [4.78, 5) is 5.27. The Bertz CT molecular complexity index is 722. The lowest BCUT2D eigenvalue weighted by Crippen LogP contribution is -2.09. The number of nitrogens with one attached hydrogen (secondary N) is 1. The lowest BCUT2D eigenvalue weighted by molar-refractivity contribution is -0.141. The summed E-state index contributed by atoms with van der Waals surface area (Å²) in [5.41, 5.74) is -2.43. The molecule has 0 saturated carbocycles. The fourth-order valence-corrected chi connectivity index (χ4v) is 1.68. The molecule has 2 rings (SSSR count). The van der Waals surface area contributed by atoms with Crippen LogP contribution in [0.3, 0.4) is 0 Å². The lowest BCUT2D eigenvalue weighted by Gasteiger charge is -2.09. The van der Waals surface area contributed by atoms with Crippen molar-refractivity contribution in [2.75, 3.05) is 0 Å². The molecule has 1 aromatic carbocycles. The highest BCUT2D eigenvalue weighted by atomic mass is 32.1. The fourth-order valence-electron chi connectivity index (χ4n) is 1.47. The molecular formula is C11H4F6N2S. The standard InChI is InChI=1S/C11H4F6N2S/c12-5-2-1-4(8(13)9(5)14)6-3-7(11(15,16)17)19-10(20)18-6/h1-3H,(H,18,19,20). The molecule has 0 saturated heterocycles. The first-order valence-electron chi connectivity index (χ1n) is 5.02. The van der Waals surface area contributed by atoms with Crippen molar-refractivity contribution >= 4 is 12.2 Å². The van der Waals surface area contributed by atoms with E-state index in [9.17, 15) is 26.3 Å². The molecule has 9 heteroatoms. The summed E-state index contributed by atoms with van der Waals surface area (Å²) in [6.45, 7) is 0. The highest BCUT2D eigenvalue weighted by Gasteiger charge is 2.32. The van der Waals surface area contributed by atoms with Gasteiger partial charge in [0.15, 0.2) is 22.2 Å². The molecule has 0 atom stereocenters. The van der Waals surface area contributed by atoms with E-state index in [1.165, 1.54) is 0 Å². The van der Waals surface area contributed by atoms with Gasteiger partial charge in [-0.3, -0.25) is 0 Å². The Morgan fingerprint density at radius 2 is 1.70 bits per heavy atom. The Morgan fingerprint density at radius 1 is 1.05 bits per heavy atom. The Kier molecular flexibility index (Phi) is 3.55. The number of aromatic amines is 1. The molecule has 0 unspecified atom stereocenters. The Balaban J connectivity index is 2.68. The number of alkyl halides is 3. The van der Waals surface area contributed by atoms with E-state index < -0.39 is 45.4 Å². The minimum atomic E-state index is -4.76. The number of H-pyrrole nitrogens is 1. The van der Waals surface area contributed by atoms with E-state index in [0.29, 0.717) is 12.1 Å². The summed E-state index contributed by atoms with van der Waals surface area (Å²) in [7, 11) is 0. The molecule has 0 bridgehead atoms. The predicted molar refractivity (Wildman–Crippen MR) is 59.7 cm³/mol.